The number of hydrogen-bond donors (Lipinski definition) is 0. The third kappa shape index (κ3) is 6.96. The van der Waals surface area contributed by atoms with Crippen LogP contribution >= 0.6 is 0 Å². The molecule has 0 atom stereocenters. The highest BCUT2D eigenvalue weighted by molar-refractivity contribution is 7.93. The van der Waals surface area contributed by atoms with Gasteiger partial charge in [0, 0.05) is 11.9 Å². The lowest BCUT2D eigenvalue weighted by atomic mass is 10.2. The van der Waals surface area contributed by atoms with Crippen molar-refractivity contribution in [1.29, 1.82) is 0 Å². The number of sulfonamides is 1. The molecule has 1 saturated heterocycles. The van der Waals surface area contributed by atoms with Crippen molar-refractivity contribution in [2.45, 2.75) is 65.8 Å². The molecule has 1 aromatic heterocycles. The number of carbonyl (C=O) groups excluding carboxylic acids is 3. The number of rotatable bonds is 4. The summed E-state index contributed by atoms with van der Waals surface area (Å²) in [5.41, 5.74) is -0.765. The Kier molecular flexibility index (Phi) is 8.03. The van der Waals surface area contributed by atoms with E-state index in [0.29, 0.717) is 17.0 Å². The van der Waals surface area contributed by atoms with Crippen LogP contribution in [0.4, 0.5) is 25.9 Å². The highest BCUT2D eigenvalue weighted by Gasteiger charge is 2.37. The number of fused-ring (bicyclic) bond motifs is 1. The molecule has 13 heteroatoms. The highest BCUT2D eigenvalue weighted by Crippen LogP contribution is 2.34. The van der Waals surface area contributed by atoms with Crippen LogP contribution in [0.2, 0.25) is 0 Å². The molecular weight excluding hydrogens is 552 g/mol. The normalized spacial score (nSPS) is 15.0. The maximum Gasteiger partial charge on any atom is 0.435 e. The van der Waals surface area contributed by atoms with Crippen LogP contribution in [-0.2, 0) is 30.8 Å². The third-order valence-corrected chi connectivity index (χ3v) is 7.64. The standard InChI is InChI=1S/C28H34N4O8S/c1-27(2,3)39-24(33)31(25(34)40-28(4,5)6)23-21-17-20(30-15-10-16-41(30,36)37)13-14-22(21)32(29-23)26(35)38-18-19-11-8-7-9-12-19/h7-9,11-14,17H,10,15-16,18H2,1-6H3. The molecule has 0 bridgehead atoms. The van der Waals surface area contributed by atoms with Crippen LogP contribution in [0, 0.1) is 0 Å². The Balaban J connectivity index is 1.86. The zero-order valence-electron chi connectivity index (χ0n) is 23.9. The van der Waals surface area contributed by atoms with E-state index < -0.39 is 39.5 Å². The van der Waals surface area contributed by atoms with Crippen LogP contribution < -0.4 is 9.21 Å². The second-order valence-electron chi connectivity index (χ2n) is 11.5. The van der Waals surface area contributed by atoms with Crippen molar-refractivity contribution in [3.8, 4) is 0 Å². The van der Waals surface area contributed by atoms with E-state index in [-0.39, 0.29) is 35.6 Å². The molecule has 12 nitrogen and oxygen atoms in total. The summed E-state index contributed by atoms with van der Waals surface area (Å²) in [6.45, 7) is 10.00. The molecule has 0 spiro atoms. The van der Waals surface area contributed by atoms with Gasteiger partial charge in [-0.15, -0.1) is 5.10 Å². The smallest absolute Gasteiger partial charge is 0.435 e. The van der Waals surface area contributed by atoms with E-state index in [0.717, 1.165) is 10.2 Å². The number of ether oxygens (including phenoxy) is 3. The van der Waals surface area contributed by atoms with Crippen molar-refractivity contribution in [3.05, 3.63) is 54.1 Å². The minimum Gasteiger partial charge on any atom is -0.443 e. The molecule has 2 aromatic carbocycles. The lowest BCUT2D eigenvalue weighted by Crippen LogP contribution is -2.44. The average molecular weight is 587 g/mol. The monoisotopic (exact) mass is 586 g/mol. The molecule has 0 unspecified atom stereocenters. The first kappa shape index (κ1) is 29.8. The van der Waals surface area contributed by atoms with Gasteiger partial charge in [-0.05, 0) is 71.7 Å². The number of imide groups is 1. The van der Waals surface area contributed by atoms with Gasteiger partial charge in [0.15, 0.2) is 5.82 Å². The van der Waals surface area contributed by atoms with Crippen LogP contribution in [0.1, 0.15) is 53.5 Å². The zero-order chi connectivity index (χ0) is 30.2. The topological polar surface area (TPSA) is 137 Å². The largest absolute Gasteiger partial charge is 0.443 e. The van der Waals surface area contributed by atoms with E-state index in [4.69, 9.17) is 14.2 Å². The minimum atomic E-state index is -3.55. The molecule has 2 heterocycles. The molecule has 4 rings (SSSR count). The summed E-state index contributed by atoms with van der Waals surface area (Å²) < 4.78 is 43.9. The predicted octanol–water partition coefficient (Wildman–Crippen LogP) is 5.44. The fraction of sp³-hybridized carbons (Fsp3) is 0.429. The predicted molar refractivity (Wildman–Crippen MR) is 152 cm³/mol. The maximum absolute atomic E-state index is 13.4. The Bertz CT molecular complexity index is 1540. The Morgan fingerprint density at radius 2 is 1.54 bits per heavy atom. The molecule has 2 amide bonds. The van der Waals surface area contributed by atoms with Gasteiger partial charge in [0.1, 0.15) is 17.8 Å². The summed E-state index contributed by atoms with van der Waals surface area (Å²) in [7, 11) is -3.55. The SMILES string of the molecule is CC(C)(C)OC(=O)N(C(=O)OC(C)(C)C)c1nn(C(=O)OCc2ccccc2)c2ccc(N3CCCS3(=O)=O)cc12. The molecule has 0 N–H and O–H groups in total. The van der Waals surface area contributed by atoms with Crippen molar-refractivity contribution < 1.29 is 37.0 Å². The highest BCUT2D eigenvalue weighted by atomic mass is 32.2. The number of carbonyl (C=O) groups is 3. The van der Waals surface area contributed by atoms with Gasteiger partial charge in [0.25, 0.3) is 0 Å². The second-order valence-corrected chi connectivity index (χ2v) is 13.5. The summed E-state index contributed by atoms with van der Waals surface area (Å²) in [6.07, 6.45) is -2.61. The van der Waals surface area contributed by atoms with Crippen LogP contribution in [0.15, 0.2) is 48.5 Å². The molecule has 0 aliphatic carbocycles. The van der Waals surface area contributed by atoms with Gasteiger partial charge < -0.3 is 14.2 Å². The molecule has 220 valence electrons. The van der Waals surface area contributed by atoms with Crippen LogP contribution in [0.25, 0.3) is 10.9 Å². The average Bonchev–Trinajstić information content (AvgIpc) is 3.40. The molecule has 41 heavy (non-hydrogen) atoms. The lowest BCUT2D eigenvalue weighted by Gasteiger charge is -2.27. The number of aromatic nitrogens is 2. The van der Waals surface area contributed by atoms with Crippen LogP contribution in [-0.4, -0.2) is 60.0 Å². The van der Waals surface area contributed by atoms with Gasteiger partial charge >= 0.3 is 18.3 Å². The molecular formula is C28H34N4O8S. The van der Waals surface area contributed by atoms with Gasteiger partial charge in [-0.1, -0.05) is 30.3 Å². The Hall–Kier alpha value is -4.13. The number of anilines is 2. The first-order chi connectivity index (χ1) is 19.1. The van der Waals surface area contributed by atoms with Crippen molar-refractivity contribution in [2.24, 2.45) is 0 Å². The molecule has 3 aromatic rings. The number of hydrogen-bond acceptors (Lipinski definition) is 9. The van der Waals surface area contributed by atoms with Gasteiger partial charge in [-0.2, -0.15) is 9.58 Å². The van der Waals surface area contributed by atoms with E-state index in [1.54, 1.807) is 65.8 Å². The van der Waals surface area contributed by atoms with E-state index in [1.165, 1.54) is 22.5 Å². The number of amides is 2. The quantitative estimate of drug-likeness (QED) is 0.366. The van der Waals surface area contributed by atoms with E-state index in [2.05, 4.69) is 5.10 Å². The van der Waals surface area contributed by atoms with E-state index >= 15 is 0 Å². The number of benzene rings is 2. The zero-order valence-corrected chi connectivity index (χ0v) is 24.7. The van der Waals surface area contributed by atoms with Crippen molar-refractivity contribution in [1.82, 2.24) is 9.78 Å². The summed E-state index contributed by atoms with van der Waals surface area (Å²) in [5.74, 6) is -0.288. The fourth-order valence-electron chi connectivity index (χ4n) is 4.12. The second kappa shape index (κ2) is 11.0. The maximum atomic E-state index is 13.4. The first-order valence-corrected chi connectivity index (χ1v) is 14.7. The number of nitrogens with zero attached hydrogens (tertiary/aromatic N) is 4. The molecule has 1 fully saturated rings. The summed E-state index contributed by atoms with van der Waals surface area (Å²) in [6, 6.07) is 13.5. The summed E-state index contributed by atoms with van der Waals surface area (Å²) in [4.78, 5) is 40.6. The first-order valence-electron chi connectivity index (χ1n) is 13.1. The van der Waals surface area contributed by atoms with Gasteiger partial charge in [-0.3, -0.25) is 4.31 Å². The van der Waals surface area contributed by atoms with Crippen molar-refractivity contribution in [3.63, 3.8) is 0 Å². The van der Waals surface area contributed by atoms with Crippen LogP contribution in [0.5, 0.6) is 0 Å². The Morgan fingerprint density at radius 1 is 0.927 bits per heavy atom. The van der Waals surface area contributed by atoms with Crippen LogP contribution in [0.3, 0.4) is 0 Å². The Morgan fingerprint density at radius 3 is 2.07 bits per heavy atom. The minimum absolute atomic E-state index is 0.00902. The summed E-state index contributed by atoms with van der Waals surface area (Å²) in [5, 5.41) is 4.44. The van der Waals surface area contributed by atoms with Gasteiger partial charge in [0.2, 0.25) is 10.0 Å². The molecule has 0 saturated carbocycles. The lowest BCUT2D eigenvalue weighted by molar-refractivity contribution is 0.0428. The molecule has 0 radical (unpaired) electrons. The molecule has 1 aliphatic heterocycles. The Labute approximate surface area is 238 Å². The van der Waals surface area contributed by atoms with E-state index in [1.807, 2.05) is 6.07 Å². The molecule has 1 aliphatic rings. The fourth-order valence-corrected chi connectivity index (χ4v) is 5.68. The van der Waals surface area contributed by atoms with Gasteiger partial charge in [0.05, 0.1) is 17.0 Å². The third-order valence-electron chi connectivity index (χ3n) is 5.77. The van der Waals surface area contributed by atoms with Crippen molar-refractivity contribution >= 4 is 50.7 Å². The summed E-state index contributed by atoms with van der Waals surface area (Å²) >= 11 is 0. The van der Waals surface area contributed by atoms with Gasteiger partial charge in [-0.25, -0.2) is 22.8 Å². The van der Waals surface area contributed by atoms with Crippen molar-refractivity contribution in [2.75, 3.05) is 21.5 Å². The van der Waals surface area contributed by atoms with E-state index in [9.17, 15) is 22.8 Å².